The van der Waals surface area contributed by atoms with E-state index in [0.29, 0.717) is 23.7 Å². The molecule has 1 aromatic carbocycles. The van der Waals surface area contributed by atoms with Crippen molar-refractivity contribution in [2.24, 2.45) is 5.92 Å². The van der Waals surface area contributed by atoms with Crippen LogP contribution in [0.4, 0.5) is 0 Å². The van der Waals surface area contributed by atoms with Crippen molar-refractivity contribution in [3.63, 3.8) is 0 Å². The molecule has 0 aliphatic heterocycles. The second-order valence-electron chi connectivity index (χ2n) is 7.29. The minimum atomic E-state index is -0.197. The van der Waals surface area contributed by atoms with E-state index >= 15 is 0 Å². The summed E-state index contributed by atoms with van der Waals surface area (Å²) in [5.74, 6) is 0.661. The van der Waals surface area contributed by atoms with Gasteiger partial charge in [0.1, 0.15) is 5.69 Å². The number of rotatable bonds is 4. The number of aryl methyl sites for hydroxylation is 1. The normalized spacial score (nSPS) is 13.4. The number of nitrogens with zero attached hydrogens (tertiary/aromatic N) is 2. The minimum Gasteiger partial charge on any atom is -0.505 e. The van der Waals surface area contributed by atoms with E-state index in [1.54, 1.807) is 4.68 Å². The number of benzene rings is 1. The molecule has 0 spiro atoms. The number of hydrogen-bond acceptors (Lipinski definition) is 3. The Morgan fingerprint density at radius 3 is 2.29 bits per heavy atom. The molecular weight excluding hydrogens is 425 g/mol. The van der Waals surface area contributed by atoms with Crippen LogP contribution < -0.4 is 5.56 Å². The summed E-state index contributed by atoms with van der Waals surface area (Å²) in [6.45, 7) is 10.7. The Labute approximate surface area is 195 Å². The molecule has 5 heteroatoms. The van der Waals surface area contributed by atoms with Crippen LogP contribution in [0.25, 0.3) is 11.1 Å². The molecule has 153 valence electrons. The van der Waals surface area contributed by atoms with Gasteiger partial charge in [-0.15, -0.1) is 0 Å². The van der Waals surface area contributed by atoms with Crippen LogP contribution in [-0.2, 0) is 39.3 Å². The van der Waals surface area contributed by atoms with Crippen molar-refractivity contribution in [3.8, 4) is 16.9 Å². The molecule has 0 amide bonds. The second-order valence-corrected chi connectivity index (χ2v) is 7.29. The first-order valence-electron chi connectivity index (χ1n) is 9.89. The molecule has 1 aliphatic carbocycles. The molecule has 2 aromatic rings. The van der Waals surface area contributed by atoms with Gasteiger partial charge in [-0.2, -0.15) is 5.10 Å². The molecule has 1 fully saturated rings. The quantitative estimate of drug-likeness (QED) is 0.595. The van der Waals surface area contributed by atoms with Crippen molar-refractivity contribution >= 4 is 0 Å². The van der Waals surface area contributed by atoms with Crippen LogP contribution in [0.1, 0.15) is 70.6 Å². The maximum Gasteiger partial charge on any atom is 0.278 e. The standard InChI is InChI=1S/C20H26N2O2.C2H6.CH3.Y/c1-13(2)12-22-20(24)17(16-11-7-4-8-14(16)3)19(23)18(21-22)15-9-5-6-10-15;1-2;;/h4,7-8,11,13,15,23H,5-6,9-10,12H2,1-3H3;1-2H3;1H3;/q;;-1;. The van der Waals surface area contributed by atoms with E-state index in [1.807, 2.05) is 45.0 Å². The van der Waals surface area contributed by atoms with E-state index in [9.17, 15) is 9.90 Å². The zero-order valence-electron chi connectivity index (χ0n) is 18.3. The summed E-state index contributed by atoms with van der Waals surface area (Å²) in [6, 6.07) is 7.73. The van der Waals surface area contributed by atoms with Crippen LogP contribution >= 0.6 is 0 Å². The Bertz CT molecular complexity index is 794. The molecule has 0 saturated heterocycles. The van der Waals surface area contributed by atoms with Gasteiger partial charge in [-0.25, -0.2) is 4.68 Å². The van der Waals surface area contributed by atoms with E-state index < -0.39 is 0 Å². The van der Waals surface area contributed by atoms with Gasteiger partial charge in [-0.05, 0) is 36.8 Å². The molecule has 4 nitrogen and oxygen atoms in total. The Morgan fingerprint density at radius 2 is 1.75 bits per heavy atom. The summed E-state index contributed by atoms with van der Waals surface area (Å²) >= 11 is 0. The Kier molecular flexibility index (Phi) is 12.1. The van der Waals surface area contributed by atoms with Gasteiger partial charge in [0.2, 0.25) is 0 Å². The third-order valence-corrected chi connectivity index (χ3v) is 4.85. The van der Waals surface area contributed by atoms with Crippen molar-refractivity contribution in [3.05, 3.63) is 53.3 Å². The van der Waals surface area contributed by atoms with E-state index in [-0.39, 0.29) is 57.4 Å². The molecule has 3 rings (SSSR count). The smallest absolute Gasteiger partial charge is 0.278 e. The van der Waals surface area contributed by atoms with E-state index in [0.717, 1.165) is 36.8 Å². The van der Waals surface area contributed by atoms with Crippen LogP contribution in [0.3, 0.4) is 0 Å². The zero-order chi connectivity index (χ0) is 19.3. The summed E-state index contributed by atoms with van der Waals surface area (Å²) < 4.78 is 1.56. The molecule has 1 radical (unpaired) electrons. The van der Waals surface area contributed by atoms with Crippen LogP contribution in [0.2, 0.25) is 0 Å². The molecule has 28 heavy (non-hydrogen) atoms. The summed E-state index contributed by atoms with van der Waals surface area (Å²) in [5, 5.41) is 15.5. The van der Waals surface area contributed by atoms with Crippen molar-refractivity contribution in [2.75, 3.05) is 0 Å². The number of aromatic hydroxyl groups is 1. The van der Waals surface area contributed by atoms with Crippen molar-refractivity contribution in [1.29, 1.82) is 0 Å². The molecule has 0 unspecified atom stereocenters. The Hall–Kier alpha value is -0.996. The first-order chi connectivity index (χ1) is 12.5. The van der Waals surface area contributed by atoms with E-state index in [2.05, 4.69) is 18.9 Å². The summed E-state index contributed by atoms with van der Waals surface area (Å²) in [4.78, 5) is 13.0. The fraction of sp³-hybridized carbons (Fsp3) is 0.522. The first-order valence-corrected chi connectivity index (χ1v) is 9.89. The molecule has 1 saturated carbocycles. The average Bonchev–Trinajstić information content (AvgIpc) is 3.15. The van der Waals surface area contributed by atoms with Gasteiger partial charge in [0, 0.05) is 45.2 Å². The van der Waals surface area contributed by atoms with Crippen molar-refractivity contribution in [1.82, 2.24) is 9.78 Å². The van der Waals surface area contributed by atoms with Crippen molar-refractivity contribution < 1.29 is 37.8 Å². The SMILES string of the molecule is CC.Cc1ccccc1-c1c(O)c(C2CCCC2)nn(CC(C)C)c1=O.[CH3-].[Y]. The zero-order valence-corrected chi connectivity index (χ0v) is 21.2. The molecule has 1 aliphatic rings. The van der Waals surface area contributed by atoms with E-state index in [1.165, 1.54) is 0 Å². The minimum absolute atomic E-state index is 0. The largest absolute Gasteiger partial charge is 0.505 e. The monoisotopic (exact) mass is 460 g/mol. The fourth-order valence-corrected chi connectivity index (χ4v) is 3.62. The summed E-state index contributed by atoms with van der Waals surface area (Å²) in [7, 11) is 0. The number of aromatic nitrogens is 2. The second kappa shape index (κ2) is 12.5. The van der Waals surface area contributed by atoms with Gasteiger partial charge in [-0.1, -0.05) is 64.8 Å². The Morgan fingerprint density at radius 1 is 1.18 bits per heavy atom. The molecular formula is C23H35N2O2Y-. The van der Waals surface area contributed by atoms with Gasteiger partial charge >= 0.3 is 0 Å². The molecule has 0 atom stereocenters. The molecule has 0 bridgehead atoms. The van der Waals surface area contributed by atoms with E-state index in [4.69, 9.17) is 0 Å². The number of hydrogen-bond donors (Lipinski definition) is 1. The fourth-order valence-electron chi connectivity index (χ4n) is 3.62. The maximum absolute atomic E-state index is 13.0. The first kappa shape index (κ1) is 27.0. The summed E-state index contributed by atoms with van der Waals surface area (Å²) in [5.41, 5.74) is 2.71. The predicted octanol–water partition coefficient (Wildman–Crippen LogP) is 5.71. The third kappa shape index (κ3) is 6.00. The van der Waals surface area contributed by atoms with Crippen LogP contribution in [0, 0.1) is 20.3 Å². The topological polar surface area (TPSA) is 55.1 Å². The predicted molar refractivity (Wildman–Crippen MR) is 114 cm³/mol. The van der Waals surface area contributed by atoms with Crippen LogP contribution in [0.5, 0.6) is 5.75 Å². The Balaban J connectivity index is 0.00000177. The maximum atomic E-state index is 13.0. The van der Waals surface area contributed by atoms with Gasteiger partial charge in [-0.3, -0.25) is 4.79 Å². The van der Waals surface area contributed by atoms with Gasteiger partial charge in [0.05, 0.1) is 5.56 Å². The molecule has 1 aromatic heterocycles. The average molecular weight is 460 g/mol. The van der Waals surface area contributed by atoms with Gasteiger partial charge in [0.15, 0.2) is 5.75 Å². The van der Waals surface area contributed by atoms with Gasteiger partial charge < -0.3 is 12.5 Å². The van der Waals surface area contributed by atoms with Crippen molar-refractivity contribution in [2.45, 2.75) is 72.8 Å². The van der Waals surface area contributed by atoms with Crippen LogP contribution in [0.15, 0.2) is 29.1 Å². The molecule has 1 N–H and O–H groups in total. The summed E-state index contributed by atoms with van der Waals surface area (Å²) in [6.07, 6.45) is 4.39. The van der Waals surface area contributed by atoms with Crippen LogP contribution in [-0.4, -0.2) is 14.9 Å². The third-order valence-electron chi connectivity index (χ3n) is 4.85. The molecule has 1 heterocycles. The van der Waals surface area contributed by atoms with Gasteiger partial charge in [0.25, 0.3) is 5.56 Å².